The average Bonchev–Trinajstić information content (AvgIpc) is 4.22. The summed E-state index contributed by atoms with van der Waals surface area (Å²) in [5.74, 6) is 1.22. The summed E-state index contributed by atoms with van der Waals surface area (Å²) < 4.78 is 20.0. The van der Waals surface area contributed by atoms with Crippen molar-refractivity contribution in [3.05, 3.63) is 69.4 Å². The lowest BCUT2D eigenvalue weighted by atomic mass is 9.65. The van der Waals surface area contributed by atoms with Gasteiger partial charge < -0.3 is 11.5 Å². The Morgan fingerprint density at radius 2 is 0.884 bits per heavy atom. The molecule has 0 amide bonds. The number of thiophene rings is 4. The first-order valence-corrected chi connectivity index (χ1v) is 31.0. The van der Waals surface area contributed by atoms with E-state index in [1.54, 1.807) is 0 Å². The molecule has 4 N–H and O–H groups in total. The lowest BCUT2D eigenvalue weighted by molar-refractivity contribution is 0.266. The number of unbranched alkanes of at least 4 members (excludes halogenated alkanes) is 8. The third kappa shape index (κ3) is 10.3. The van der Waals surface area contributed by atoms with Gasteiger partial charge in [0.25, 0.3) is 0 Å². The molecule has 6 nitrogen and oxygen atoms in total. The molecule has 0 bridgehead atoms. The molecule has 0 saturated heterocycles. The van der Waals surface area contributed by atoms with Crippen molar-refractivity contribution in [2.75, 3.05) is 11.5 Å². The van der Waals surface area contributed by atoms with E-state index in [4.69, 9.17) is 29.0 Å². The Labute approximate surface area is 436 Å². The standard InChI is InChI=1S/C57H72N6S6/c1-7-13-17-19-23-37-25-27-45(64-37)39-29-43(58)49(53-51(39)60-68-62-53)47-31-41-55(66-47)56-42(57(41,33-35(11-5)21-15-9-3)34-36(12-6)22-16-10-4)32-48(67-56)50-44(59)30-40(52-54(50)63-69-61-52)46-28-26-38(65-46)24-20-18-14-8-2/h25-32,35-36H,7-24,33-34,58-59H2,1-6H3. The Balaban J connectivity index is 1.17. The number of hydrogen-bond donors (Lipinski definition) is 2. The van der Waals surface area contributed by atoms with Crippen molar-refractivity contribution in [3.8, 4) is 51.5 Å². The molecule has 6 aromatic heterocycles. The van der Waals surface area contributed by atoms with Crippen LogP contribution in [0.4, 0.5) is 11.4 Å². The second kappa shape index (κ2) is 22.9. The van der Waals surface area contributed by atoms with Crippen LogP contribution >= 0.6 is 68.8 Å². The van der Waals surface area contributed by atoms with Gasteiger partial charge in [-0.2, -0.15) is 17.5 Å². The maximum Gasteiger partial charge on any atom is 0.116 e. The van der Waals surface area contributed by atoms with Crippen molar-refractivity contribution in [1.29, 1.82) is 0 Å². The predicted molar refractivity (Wildman–Crippen MR) is 308 cm³/mol. The number of rotatable bonds is 26. The van der Waals surface area contributed by atoms with Crippen LogP contribution in [0.1, 0.15) is 178 Å². The molecule has 1 aliphatic rings. The van der Waals surface area contributed by atoms with Gasteiger partial charge in [-0.1, -0.05) is 131 Å². The molecule has 366 valence electrons. The fraction of sp³-hybridized carbons (Fsp3) is 0.509. The summed E-state index contributed by atoms with van der Waals surface area (Å²) in [4.78, 5) is 10.5. The van der Waals surface area contributed by atoms with E-state index in [1.807, 2.05) is 45.3 Å². The van der Waals surface area contributed by atoms with E-state index in [-0.39, 0.29) is 5.41 Å². The lowest BCUT2D eigenvalue weighted by Crippen LogP contribution is -2.31. The first-order valence-electron chi connectivity index (χ1n) is 26.3. The summed E-state index contributed by atoms with van der Waals surface area (Å²) in [6.45, 7) is 14.1. The van der Waals surface area contributed by atoms with E-state index >= 15 is 0 Å². The van der Waals surface area contributed by atoms with Crippen LogP contribution in [0.2, 0.25) is 0 Å². The van der Waals surface area contributed by atoms with Crippen molar-refractivity contribution < 1.29 is 0 Å². The Bertz CT molecular complexity index is 2760. The SMILES string of the molecule is CCCCCCc1ccc(-c2cc(N)c(-c3cc4c(s3)-c3sc(-c5c(N)cc(-c6ccc(CCCCCC)s6)c6nsnc56)cc3C4(CC(CC)CCCC)CC(CC)CCCC)c3nsnc23)s1. The zero-order valence-corrected chi connectivity index (χ0v) is 46.7. The van der Waals surface area contributed by atoms with Gasteiger partial charge >= 0.3 is 0 Å². The summed E-state index contributed by atoms with van der Waals surface area (Å²) in [5.41, 5.74) is 27.0. The fourth-order valence-electron chi connectivity index (χ4n) is 11.2. The molecule has 2 aromatic carbocycles. The van der Waals surface area contributed by atoms with Crippen molar-refractivity contribution in [1.82, 2.24) is 17.5 Å². The van der Waals surface area contributed by atoms with Crippen molar-refractivity contribution in [2.45, 2.75) is 175 Å². The van der Waals surface area contributed by atoms with Gasteiger partial charge in [-0.25, -0.2) is 0 Å². The summed E-state index contributed by atoms with van der Waals surface area (Å²) >= 11 is 10.2. The zero-order chi connectivity index (χ0) is 48.1. The third-order valence-corrected chi connectivity index (χ3v) is 21.0. The van der Waals surface area contributed by atoms with E-state index in [0.717, 1.165) is 81.4 Å². The minimum absolute atomic E-state index is 0.145. The monoisotopic (exact) mass is 1030 g/mol. The molecular weight excluding hydrogens is 961 g/mol. The van der Waals surface area contributed by atoms with Crippen LogP contribution in [0.25, 0.3) is 73.6 Å². The molecule has 1 aliphatic carbocycles. The highest BCUT2D eigenvalue weighted by atomic mass is 32.1. The van der Waals surface area contributed by atoms with Crippen molar-refractivity contribution in [2.24, 2.45) is 11.8 Å². The Morgan fingerprint density at radius 3 is 1.29 bits per heavy atom. The summed E-state index contributed by atoms with van der Waals surface area (Å²) in [6, 6.07) is 18.6. The van der Waals surface area contributed by atoms with Crippen LogP contribution in [0, 0.1) is 11.8 Å². The van der Waals surface area contributed by atoms with Gasteiger partial charge in [0.1, 0.15) is 22.1 Å². The van der Waals surface area contributed by atoms with Crippen LogP contribution in [-0.4, -0.2) is 17.5 Å². The van der Waals surface area contributed by atoms with Crippen molar-refractivity contribution in [3.63, 3.8) is 0 Å². The van der Waals surface area contributed by atoms with Gasteiger partial charge in [-0.05, 0) is 110 Å². The first-order chi connectivity index (χ1) is 33.7. The highest BCUT2D eigenvalue weighted by Gasteiger charge is 2.48. The molecule has 0 saturated carbocycles. The van der Waals surface area contributed by atoms with Gasteiger partial charge in [-0.3, -0.25) is 0 Å². The molecule has 69 heavy (non-hydrogen) atoms. The van der Waals surface area contributed by atoms with Gasteiger partial charge in [-0.15, -0.1) is 45.3 Å². The number of nitrogen functional groups attached to an aromatic ring is 2. The number of hydrogen-bond acceptors (Lipinski definition) is 12. The number of fused-ring (bicyclic) bond motifs is 5. The fourth-order valence-corrected chi connectivity index (χ4v) is 17.3. The van der Waals surface area contributed by atoms with E-state index < -0.39 is 0 Å². The highest BCUT2D eigenvalue weighted by Crippen LogP contribution is 2.64. The Kier molecular flexibility index (Phi) is 16.7. The van der Waals surface area contributed by atoms with E-state index in [2.05, 4.69) is 90.1 Å². The molecule has 8 aromatic rings. The quantitative estimate of drug-likeness (QED) is 0.0414. The predicted octanol–water partition coefficient (Wildman–Crippen LogP) is 19.5. The summed E-state index contributed by atoms with van der Waals surface area (Å²) in [6.07, 6.45) is 24.5. The Morgan fingerprint density at radius 1 is 0.464 bits per heavy atom. The van der Waals surface area contributed by atoms with E-state index in [9.17, 15) is 0 Å². The molecule has 0 radical (unpaired) electrons. The summed E-state index contributed by atoms with van der Waals surface area (Å²) in [7, 11) is 0. The number of aromatic nitrogens is 4. The average molecular weight is 1030 g/mol. The molecule has 2 unspecified atom stereocenters. The van der Waals surface area contributed by atoms with Gasteiger partial charge in [0.15, 0.2) is 0 Å². The van der Waals surface area contributed by atoms with Crippen molar-refractivity contribution >= 4 is 102 Å². The smallest absolute Gasteiger partial charge is 0.116 e. The van der Waals surface area contributed by atoms with Gasteiger partial charge in [0.05, 0.1) is 23.5 Å². The van der Waals surface area contributed by atoms with Gasteiger partial charge in [0.2, 0.25) is 0 Å². The molecule has 6 heterocycles. The second-order valence-corrected chi connectivity index (χ2v) is 25.4. The minimum Gasteiger partial charge on any atom is -0.398 e. The van der Waals surface area contributed by atoms with E-state index in [1.165, 1.54) is 176 Å². The maximum absolute atomic E-state index is 7.28. The lowest BCUT2D eigenvalue weighted by Gasteiger charge is -2.37. The van der Waals surface area contributed by atoms with Gasteiger partial charge in [0, 0.05) is 78.1 Å². The van der Waals surface area contributed by atoms with Crippen LogP contribution < -0.4 is 11.5 Å². The topological polar surface area (TPSA) is 104 Å². The normalized spacial score (nSPS) is 14.1. The molecule has 12 heteroatoms. The molecule has 9 rings (SSSR count). The number of aryl methyl sites for hydroxylation is 2. The largest absolute Gasteiger partial charge is 0.398 e. The zero-order valence-electron chi connectivity index (χ0n) is 41.8. The molecule has 0 aliphatic heterocycles. The Hall–Kier alpha value is -3.52. The third-order valence-electron chi connectivity index (χ3n) is 15.1. The summed E-state index contributed by atoms with van der Waals surface area (Å²) in [5, 5.41) is 0. The molecule has 0 fully saturated rings. The minimum atomic E-state index is -0.145. The van der Waals surface area contributed by atoms with Crippen LogP contribution in [0.3, 0.4) is 0 Å². The highest BCUT2D eigenvalue weighted by molar-refractivity contribution is 7.26. The second-order valence-electron chi connectivity index (χ2n) is 19.9. The number of nitrogens with zero attached hydrogens (tertiary/aromatic N) is 4. The number of anilines is 2. The maximum atomic E-state index is 7.28. The first kappa shape index (κ1) is 50.4. The van der Waals surface area contributed by atoms with Crippen LogP contribution in [-0.2, 0) is 18.3 Å². The van der Waals surface area contributed by atoms with Crippen LogP contribution in [0.5, 0.6) is 0 Å². The molecule has 2 atom stereocenters. The molecular formula is C57H72N6S6. The number of benzene rings is 2. The number of nitrogens with two attached hydrogens (primary N) is 2. The van der Waals surface area contributed by atoms with E-state index in [0.29, 0.717) is 11.8 Å². The molecule has 0 spiro atoms. The van der Waals surface area contributed by atoms with Crippen LogP contribution in [0.15, 0.2) is 48.5 Å².